The zero-order valence-electron chi connectivity index (χ0n) is 7.32. The second-order valence-electron chi connectivity index (χ2n) is 3.04. The maximum absolute atomic E-state index is 2.37. The Bertz CT molecular complexity index is 238. The molecule has 3 heteroatoms. The van der Waals surface area contributed by atoms with Crippen molar-refractivity contribution in [2.24, 2.45) is 0 Å². The van der Waals surface area contributed by atoms with Crippen LogP contribution in [0.1, 0.15) is 5.56 Å². The van der Waals surface area contributed by atoms with Crippen LogP contribution >= 0.6 is 7.92 Å². The molecule has 0 aliphatic carbocycles. The van der Waals surface area contributed by atoms with Crippen molar-refractivity contribution in [3.05, 3.63) is 29.8 Å². The van der Waals surface area contributed by atoms with E-state index in [9.17, 15) is 0 Å². The number of benzene rings is 1. The summed E-state index contributed by atoms with van der Waals surface area (Å²) in [5.74, 6) is 0. The van der Waals surface area contributed by atoms with E-state index in [-0.39, 0.29) is 25.0 Å². The van der Waals surface area contributed by atoms with Crippen LogP contribution in [0, 0.1) is 0 Å². The molecule has 0 heterocycles. The molecule has 1 aromatic carbocycles. The molecule has 12 heavy (non-hydrogen) atoms. The van der Waals surface area contributed by atoms with Gasteiger partial charge in [-0.15, -0.1) is 0 Å². The maximum atomic E-state index is 2.37. The molecule has 0 atom stereocenters. The molecule has 0 aromatic heterocycles. The SMILES string of the molecule is C[PH+](C)Cc1cccc[c]1[Sn].[Cu]. The largest absolute Gasteiger partial charge is 0 e. The van der Waals surface area contributed by atoms with E-state index in [2.05, 4.69) is 37.6 Å². The third-order valence-corrected chi connectivity index (χ3v) is 4.04. The molecule has 68 valence electrons. The van der Waals surface area contributed by atoms with Gasteiger partial charge in [-0.2, -0.15) is 0 Å². The summed E-state index contributed by atoms with van der Waals surface area (Å²) in [6.07, 6.45) is 1.33. The summed E-state index contributed by atoms with van der Waals surface area (Å²) in [4.78, 5) is 0. The first-order chi connectivity index (χ1) is 5.20. The van der Waals surface area contributed by atoms with E-state index in [4.69, 9.17) is 0 Å². The van der Waals surface area contributed by atoms with Crippen molar-refractivity contribution in [2.75, 3.05) is 13.3 Å². The fourth-order valence-electron chi connectivity index (χ4n) is 1.06. The van der Waals surface area contributed by atoms with Crippen molar-refractivity contribution in [3.8, 4) is 0 Å². The van der Waals surface area contributed by atoms with Crippen LogP contribution in [0.2, 0.25) is 0 Å². The van der Waals surface area contributed by atoms with Gasteiger partial charge in [-0.3, -0.25) is 0 Å². The van der Waals surface area contributed by atoms with Gasteiger partial charge < -0.3 is 0 Å². The van der Waals surface area contributed by atoms with Gasteiger partial charge in [0.1, 0.15) is 0 Å². The van der Waals surface area contributed by atoms with Gasteiger partial charge in [-0.1, -0.05) is 0 Å². The van der Waals surface area contributed by atoms with Gasteiger partial charge in [-0.05, 0) is 0 Å². The predicted molar refractivity (Wildman–Crippen MR) is 55.7 cm³/mol. The first kappa shape index (κ1) is 13.0. The molecular formula is C9H13CuPSn+. The Morgan fingerprint density at radius 3 is 2.33 bits per heavy atom. The fourth-order valence-corrected chi connectivity index (χ4v) is 3.39. The molecule has 0 fully saturated rings. The Morgan fingerprint density at radius 1 is 1.25 bits per heavy atom. The van der Waals surface area contributed by atoms with E-state index >= 15 is 0 Å². The molecule has 0 saturated carbocycles. The Hall–Kier alpha value is 0.968. The molecule has 0 bridgehead atoms. The molecule has 0 spiro atoms. The average molecular weight is 334 g/mol. The van der Waals surface area contributed by atoms with Gasteiger partial charge >= 0.3 is 83.3 Å². The first-order valence-corrected chi connectivity index (χ1v) is 7.92. The van der Waals surface area contributed by atoms with Gasteiger partial charge in [-0.25, -0.2) is 0 Å². The summed E-state index contributed by atoms with van der Waals surface area (Å²) in [5, 5.41) is 0. The monoisotopic (exact) mass is 335 g/mol. The second kappa shape index (κ2) is 6.43. The number of rotatable bonds is 2. The smallest absolute Gasteiger partial charge is 0 e. The first-order valence-electron chi connectivity index (χ1n) is 3.78. The van der Waals surface area contributed by atoms with Crippen molar-refractivity contribution < 1.29 is 17.1 Å². The van der Waals surface area contributed by atoms with E-state index in [1.165, 1.54) is 9.74 Å². The maximum Gasteiger partial charge on any atom is 0 e. The van der Waals surface area contributed by atoms with Crippen LogP contribution in [0.4, 0.5) is 0 Å². The van der Waals surface area contributed by atoms with Crippen molar-refractivity contribution >= 4 is 34.0 Å². The normalized spacial score (nSPS) is 9.67. The van der Waals surface area contributed by atoms with Gasteiger partial charge in [0.05, 0.1) is 0 Å². The zero-order valence-corrected chi connectivity index (χ0v) is 12.1. The van der Waals surface area contributed by atoms with Gasteiger partial charge in [0.2, 0.25) is 0 Å². The molecule has 1 rings (SSSR count). The van der Waals surface area contributed by atoms with Crippen molar-refractivity contribution in [1.82, 2.24) is 0 Å². The molecule has 1 aromatic rings. The standard InChI is InChI=1S/C9H12P.Cu.Sn/c1-10(2)8-9-6-4-3-5-7-9;;/h3-6H,8H2,1-2H3;;/p+1. The molecule has 0 unspecified atom stereocenters. The topological polar surface area (TPSA) is 0 Å². The minimum atomic E-state index is -0.0947. The van der Waals surface area contributed by atoms with Crippen LogP contribution in [0.25, 0.3) is 0 Å². The van der Waals surface area contributed by atoms with Crippen LogP contribution in [0.15, 0.2) is 24.3 Å². The molecule has 0 saturated heterocycles. The van der Waals surface area contributed by atoms with Crippen LogP contribution in [0.5, 0.6) is 0 Å². The van der Waals surface area contributed by atoms with Crippen molar-refractivity contribution in [3.63, 3.8) is 0 Å². The Labute approximate surface area is 99.8 Å². The van der Waals surface area contributed by atoms with E-state index in [0.717, 1.165) is 0 Å². The van der Waals surface area contributed by atoms with E-state index in [1.54, 1.807) is 28.1 Å². The molecule has 0 aliphatic heterocycles. The summed E-state index contributed by atoms with van der Waals surface area (Å²) in [5.41, 5.74) is 1.57. The molecule has 0 aliphatic rings. The van der Waals surface area contributed by atoms with Gasteiger partial charge in [0.15, 0.2) is 0 Å². The van der Waals surface area contributed by atoms with Crippen molar-refractivity contribution in [1.29, 1.82) is 0 Å². The van der Waals surface area contributed by atoms with E-state index in [0.29, 0.717) is 0 Å². The van der Waals surface area contributed by atoms with E-state index in [1.807, 2.05) is 0 Å². The summed E-state index contributed by atoms with van der Waals surface area (Å²) in [7, 11) is -0.0947. The average Bonchev–Trinajstić information content (AvgIpc) is 1.93. The van der Waals surface area contributed by atoms with Crippen LogP contribution < -0.4 is 3.58 Å². The molecule has 0 N–H and O–H groups in total. The Balaban J connectivity index is 0.00000121. The predicted octanol–water partition coefficient (Wildman–Crippen LogP) is 1.45. The summed E-state index contributed by atoms with van der Waals surface area (Å²) < 4.78 is 1.53. The van der Waals surface area contributed by atoms with E-state index < -0.39 is 0 Å². The molecule has 0 amide bonds. The quantitative estimate of drug-likeness (QED) is 0.567. The molecule has 4 radical (unpaired) electrons. The zero-order chi connectivity index (χ0) is 8.27. The van der Waals surface area contributed by atoms with Gasteiger partial charge in [0, 0.05) is 17.1 Å². The minimum absolute atomic E-state index is 0. The summed E-state index contributed by atoms with van der Waals surface area (Å²) >= 11 is 1.55. The summed E-state index contributed by atoms with van der Waals surface area (Å²) in [6, 6.07) is 8.78. The fraction of sp³-hybridized carbons (Fsp3) is 0.333. The van der Waals surface area contributed by atoms with Crippen LogP contribution in [-0.4, -0.2) is 35.9 Å². The van der Waals surface area contributed by atoms with Crippen LogP contribution in [-0.2, 0) is 23.2 Å². The molecule has 0 nitrogen and oxygen atoms in total. The minimum Gasteiger partial charge on any atom is 0 e. The number of hydrogen-bond acceptors (Lipinski definition) is 0. The third kappa shape index (κ3) is 4.27. The van der Waals surface area contributed by atoms with Crippen molar-refractivity contribution in [2.45, 2.75) is 6.16 Å². The Morgan fingerprint density at radius 2 is 1.83 bits per heavy atom. The van der Waals surface area contributed by atoms with Gasteiger partial charge in [0.25, 0.3) is 0 Å². The third-order valence-electron chi connectivity index (χ3n) is 1.56. The number of hydrogen-bond donors (Lipinski definition) is 0. The second-order valence-corrected chi connectivity index (χ2v) is 7.35. The Kier molecular flexibility index (Phi) is 6.94. The van der Waals surface area contributed by atoms with Crippen LogP contribution in [0.3, 0.4) is 0 Å². The molecular weight excluding hydrogens is 321 g/mol. The summed E-state index contributed by atoms with van der Waals surface area (Å²) in [6.45, 7) is 4.74.